The summed E-state index contributed by atoms with van der Waals surface area (Å²) in [6, 6.07) is 6.39. The molecule has 2 atom stereocenters. The third-order valence-corrected chi connectivity index (χ3v) is 4.58. The fourth-order valence-corrected chi connectivity index (χ4v) is 2.95. The number of nitrogens with two attached hydrogens (primary N) is 1. The third-order valence-electron chi connectivity index (χ3n) is 4.58. The van der Waals surface area contributed by atoms with Crippen LogP contribution in [0, 0.1) is 5.41 Å². The average molecular weight is 261 g/mol. The van der Waals surface area contributed by atoms with Gasteiger partial charge in [0.15, 0.2) is 11.5 Å². The molecule has 2 unspecified atom stereocenters. The smallest absolute Gasteiger partial charge is 0.165 e. The van der Waals surface area contributed by atoms with Gasteiger partial charge in [-0.25, -0.2) is 0 Å². The van der Waals surface area contributed by atoms with E-state index in [1.54, 1.807) is 0 Å². The Kier molecular flexibility index (Phi) is 2.62. The van der Waals surface area contributed by atoms with E-state index >= 15 is 0 Å². The van der Waals surface area contributed by atoms with E-state index < -0.39 is 0 Å². The van der Waals surface area contributed by atoms with Crippen molar-refractivity contribution in [1.82, 2.24) is 0 Å². The van der Waals surface area contributed by atoms with Crippen molar-refractivity contribution in [2.75, 3.05) is 0 Å². The largest absolute Gasteiger partial charge is 0.486 e. The second-order valence-corrected chi connectivity index (χ2v) is 7.05. The lowest BCUT2D eigenvalue weighted by molar-refractivity contribution is -0.0420. The Balaban J connectivity index is 1.83. The van der Waals surface area contributed by atoms with E-state index in [0.29, 0.717) is 0 Å². The zero-order chi connectivity index (χ0) is 13.8. The van der Waals surface area contributed by atoms with Crippen LogP contribution in [-0.4, -0.2) is 17.7 Å². The molecular weight excluding hydrogens is 238 g/mol. The summed E-state index contributed by atoms with van der Waals surface area (Å²) in [7, 11) is 0. The number of hydrogen-bond acceptors (Lipinski definition) is 3. The number of rotatable bonds is 2. The molecule has 19 heavy (non-hydrogen) atoms. The Bertz CT molecular complexity index is 507. The Morgan fingerprint density at radius 3 is 2.63 bits per heavy atom. The van der Waals surface area contributed by atoms with Crippen molar-refractivity contribution in [1.29, 1.82) is 0 Å². The van der Waals surface area contributed by atoms with Crippen molar-refractivity contribution in [2.24, 2.45) is 11.1 Å². The molecule has 0 aromatic heterocycles. The molecule has 0 bridgehead atoms. The van der Waals surface area contributed by atoms with Crippen LogP contribution in [0.4, 0.5) is 0 Å². The van der Waals surface area contributed by atoms with Gasteiger partial charge in [-0.05, 0) is 19.9 Å². The van der Waals surface area contributed by atoms with Crippen LogP contribution in [0.15, 0.2) is 18.2 Å². The molecule has 104 valence electrons. The highest BCUT2D eigenvalue weighted by molar-refractivity contribution is 5.50. The maximum absolute atomic E-state index is 6.17. The van der Waals surface area contributed by atoms with Crippen LogP contribution < -0.4 is 15.2 Å². The summed E-state index contributed by atoms with van der Waals surface area (Å²) in [6.45, 7) is 8.56. The van der Waals surface area contributed by atoms with Gasteiger partial charge in [0.2, 0.25) is 0 Å². The van der Waals surface area contributed by atoms with Gasteiger partial charge in [0.1, 0.15) is 11.7 Å². The molecule has 1 aromatic carbocycles. The quantitative estimate of drug-likeness (QED) is 0.890. The zero-order valence-corrected chi connectivity index (χ0v) is 12.2. The monoisotopic (exact) mass is 261 g/mol. The summed E-state index contributed by atoms with van der Waals surface area (Å²) in [5.41, 5.74) is 7.19. The van der Waals surface area contributed by atoms with E-state index in [2.05, 4.69) is 33.8 Å². The van der Waals surface area contributed by atoms with Crippen molar-refractivity contribution < 1.29 is 9.47 Å². The van der Waals surface area contributed by atoms with Crippen molar-refractivity contribution >= 4 is 0 Å². The van der Waals surface area contributed by atoms with Crippen LogP contribution in [-0.2, 0) is 6.42 Å². The number of para-hydroxylation sites is 1. The molecule has 3 nitrogen and oxygen atoms in total. The highest BCUT2D eigenvalue weighted by Gasteiger charge is 2.48. The molecule has 3 heteroatoms. The lowest BCUT2D eigenvalue weighted by atomic mass is 9.65. The minimum Gasteiger partial charge on any atom is -0.486 e. The van der Waals surface area contributed by atoms with E-state index in [0.717, 1.165) is 24.3 Å². The molecule has 1 heterocycles. The van der Waals surface area contributed by atoms with Crippen molar-refractivity contribution in [3.63, 3.8) is 0 Å². The molecule has 1 fully saturated rings. The maximum Gasteiger partial charge on any atom is 0.165 e. The predicted octanol–water partition coefficient (Wildman–Crippen LogP) is 2.90. The molecule has 1 saturated carbocycles. The lowest BCUT2D eigenvalue weighted by Gasteiger charge is -2.49. The molecule has 1 aromatic rings. The van der Waals surface area contributed by atoms with Crippen LogP contribution >= 0.6 is 0 Å². The molecule has 0 amide bonds. The maximum atomic E-state index is 6.17. The highest BCUT2D eigenvalue weighted by atomic mass is 16.5. The fourth-order valence-electron chi connectivity index (χ4n) is 2.95. The first-order chi connectivity index (χ1) is 8.79. The molecule has 1 aliphatic heterocycles. The van der Waals surface area contributed by atoms with Gasteiger partial charge >= 0.3 is 0 Å². The topological polar surface area (TPSA) is 44.5 Å². The Morgan fingerprint density at radius 1 is 1.26 bits per heavy atom. The molecule has 3 rings (SSSR count). The third kappa shape index (κ3) is 2.00. The van der Waals surface area contributed by atoms with Crippen LogP contribution in [0.5, 0.6) is 11.5 Å². The molecular formula is C16H23NO2. The second-order valence-electron chi connectivity index (χ2n) is 7.05. The molecule has 0 spiro atoms. The lowest BCUT2D eigenvalue weighted by Crippen LogP contribution is -2.60. The minimum absolute atomic E-state index is 0.0385. The SMILES string of the molecule is CC1(C)Cc2cccc(OC3CC(N)C3(C)C)c2O1. The van der Waals surface area contributed by atoms with E-state index in [4.69, 9.17) is 15.2 Å². The van der Waals surface area contributed by atoms with Crippen molar-refractivity contribution in [3.8, 4) is 11.5 Å². The van der Waals surface area contributed by atoms with E-state index in [1.807, 2.05) is 12.1 Å². The van der Waals surface area contributed by atoms with Gasteiger partial charge in [-0.2, -0.15) is 0 Å². The van der Waals surface area contributed by atoms with Crippen LogP contribution in [0.1, 0.15) is 39.7 Å². The number of benzene rings is 1. The molecule has 0 radical (unpaired) electrons. The van der Waals surface area contributed by atoms with Crippen molar-refractivity contribution in [3.05, 3.63) is 23.8 Å². The van der Waals surface area contributed by atoms with Crippen LogP contribution in [0.2, 0.25) is 0 Å². The van der Waals surface area contributed by atoms with Crippen molar-refractivity contribution in [2.45, 2.75) is 58.3 Å². The molecule has 2 N–H and O–H groups in total. The summed E-state index contributed by atoms with van der Waals surface area (Å²) >= 11 is 0. The minimum atomic E-state index is -0.132. The highest BCUT2D eigenvalue weighted by Crippen LogP contribution is 2.46. The van der Waals surface area contributed by atoms with Gasteiger partial charge < -0.3 is 15.2 Å². The Morgan fingerprint density at radius 2 is 2.00 bits per heavy atom. The Labute approximate surface area is 115 Å². The molecule has 0 saturated heterocycles. The van der Waals surface area contributed by atoms with Crippen LogP contribution in [0.3, 0.4) is 0 Å². The summed E-state index contributed by atoms with van der Waals surface area (Å²) in [5.74, 6) is 1.79. The standard InChI is InChI=1S/C16H23NO2/c1-15(2)9-10-6-5-7-11(14(10)19-15)18-13-8-12(17)16(13,3)4/h5-7,12-13H,8-9,17H2,1-4H3. The van der Waals surface area contributed by atoms with Gasteiger partial charge in [-0.3, -0.25) is 0 Å². The van der Waals surface area contributed by atoms with E-state index in [1.165, 1.54) is 5.56 Å². The summed E-state index contributed by atoms with van der Waals surface area (Å²) in [5, 5.41) is 0. The van der Waals surface area contributed by atoms with E-state index in [9.17, 15) is 0 Å². The Hall–Kier alpha value is -1.22. The van der Waals surface area contributed by atoms with Gasteiger partial charge in [0.05, 0.1) is 0 Å². The summed E-state index contributed by atoms with van der Waals surface area (Å²) < 4.78 is 12.2. The van der Waals surface area contributed by atoms with Gasteiger partial charge in [0, 0.05) is 29.9 Å². The molecule has 1 aliphatic carbocycles. The van der Waals surface area contributed by atoms with Gasteiger partial charge in [0.25, 0.3) is 0 Å². The number of fused-ring (bicyclic) bond motifs is 1. The molecule has 2 aliphatic rings. The van der Waals surface area contributed by atoms with Crippen LogP contribution in [0.25, 0.3) is 0 Å². The zero-order valence-electron chi connectivity index (χ0n) is 12.2. The number of ether oxygens (including phenoxy) is 2. The first-order valence-corrected chi connectivity index (χ1v) is 7.03. The summed E-state index contributed by atoms with van der Waals surface area (Å²) in [4.78, 5) is 0. The van der Waals surface area contributed by atoms with Gasteiger partial charge in [-0.1, -0.05) is 26.0 Å². The predicted molar refractivity (Wildman–Crippen MR) is 75.6 cm³/mol. The second kappa shape index (κ2) is 3.89. The normalized spacial score (nSPS) is 30.2. The fraction of sp³-hybridized carbons (Fsp3) is 0.625. The average Bonchev–Trinajstić information content (AvgIpc) is 2.63. The first kappa shape index (κ1) is 12.8. The van der Waals surface area contributed by atoms with E-state index in [-0.39, 0.29) is 23.2 Å². The first-order valence-electron chi connectivity index (χ1n) is 7.03. The summed E-state index contributed by atoms with van der Waals surface area (Å²) in [6.07, 6.45) is 2.04. The number of hydrogen-bond donors (Lipinski definition) is 1. The van der Waals surface area contributed by atoms with Gasteiger partial charge in [-0.15, -0.1) is 0 Å².